The van der Waals surface area contributed by atoms with E-state index in [1.54, 1.807) is 0 Å². The van der Waals surface area contributed by atoms with Crippen molar-refractivity contribution in [2.45, 2.75) is 200 Å². The molecule has 1 atom stereocenters. The fraction of sp³-hybridized carbons (Fsp3) is 0.917. The van der Waals surface area contributed by atoms with E-state index in [0.717, 1.165) is 64.2 Å². The second-order valence-electron chi connectivity index (χ2n) is 12.2. The lowest BCUT2D eigenvalue weighted by Crippen LogP contribution is -2.30. The molecule has 42 heavy (non-hydrogen) atoms. The van der Waals surface area contributed by atoms with Crippen LogP contribution >= 0.6 is 0 Å². The molecule has 0 aromatic carbocycles. The Morgan fingerprint density at radius 1 is 0.381 bits per heavy atom. The molecular weight excluding hydrogens is 528 g/mol. The average Bonchev–Trinajstić information content (AvgIpc) is 2.98. The van der Waals surface area contributed by atoms with Crippen LogP contribution in [-0.4, -0.2) is 37.2 Å². The minimum atomic E-state index is -0.753. The average molecular weight is 597 g/mol. The van der Waals surface area contributed by atoms with Gasteiger partial charge in [-0.3, -0.25) is 14.4 Å². The Kier molecular flexibility index (Phi) is 31.1. The first kappa shape index (κ1) is 40.4. The highest BCUT2D eigenvalue weighted by Gasteiger charge is 2.19. The Labute approximate surface area is 259 Å². The zero-order valence-corrected chi connectivity index (χ0v) is 28.0. The van der Waals surface area contributed by atoms with E-state index in [0.29, 0.717) is 19.3 Å². The van der Waals surface area contributed by atoms with Crippen molar-refractivity contribution in [3.05, 3.63) is 0 Å². The SMILES string of the molecule is CCCCCCCCCCCCCCC(=O)OC[C@H](COC(=O)CCCCCCC)OC(=O)CCCCCCCCC. The highest BCUT2D eigenvalue weighted by Crippen LogP contribution is 2.14. The van der Waals surface area contributed by atoms with E-state index in [1.807, 2.05) is 0 Å². The predicted octanol–water partition coefficient (Wildman–Crippen LogP) is 10.6. The van der Waals surface area contributed by atoms with Crippen LogP contribution in [0.3, 0.4) is 0 Å². The number of carbonyl (C=O) groups is 3. The quantitative estimate of drug-likeness (QED) is 0.0436. The van der Waals surface area contributed by atoms with Crippen molar-refractivity contribution in [3.8, 4) is 0 Å². The molecular formula is C36H68O6. The lowest BCUT2D eigenvalue weighted by Gasteiger charge is -2.18. The van der Waals surface area contributed by atoms with Crippen molar-refractivity contribution >= 4 is 17.9 Å². The van der Waals surface area contributed by atoms with Crippen LogP contribution in [0.15, 0.2) is 0 Å². The summed E-state index contributed by atoms with van der Waals surface area (Å²) in [6.07, 6.45) is 28.4. The summed E-state index contributed by atoms with van der Waals surface area (Å²) in [7, 11) is 0. The van der Waals surface area contributed by atoms with Gasteiger partial charge < -0.3 is 14.2 Å². The van der Waals surface area contributed by atoms with Gasteiger partial charge in [-0.05, 0) is 19.3 Å². The molecule has 0 bridgehead atoms. The van der Waals surface area contributed by atoms with Crippen LogP contribution in [0.2, 0.25) is 0 Å². The summed E-state index contributed by atoms with van der Waals surface area (Å²) < 4.78 is 16.4. The number of rotatable bonds is 32. The molecule has 0 aliphatic carbocycles. The topological polar surface area (TPSA) is 78.9 Å². The molecule has 0 saturated carbocycles. The molecule has 0 rings (SSSR count). The molecule has 0 radical (unpaired) electrons. The number of unbranched alkanes of at least 4 members (excludes halogenated alkanes) is 21. The molecule has 0 aromatic rings. The first-order chi connectivity index (χ1) is 20.5. The molecule has 6 nitrogen and oxygen atoms in total. The predicted molar refractivity (Wildman–Crippen MR) is 173 cm³/mol. The van der Waals surface area contributed by atoms with Crippen LogP contribution in [0, 0.1) is 0 Å². The Morgan fingerprint density at radius 2 is 0.643 bits per heavy atom. The van der Waals surface area contributed by atoms with E-state index in [-0.39, 0.29) is 31.1 Å². The standard InChI is InChI=1S/C36H68O6/c1-4-7-10-13-15-16-17-18-19-21-23-26-29-35(38)41-32-33(31-40-34(37)28-25-22-12-9-6-3)42-36(39)30-27-24-20-14-11-8-5-2/h33H,4-32H2,1-3H3/t33-/m0/s1. The van der Waals surface area contributed by atoms with Crippen molar-refractivity contribution in [1.29, 1.82) is 0 Å². The molecule has 0 aliphatic rings. The Bertz CT molecular complexity index is 620. The second kappa shape index (κ2) is 32.3. The van der Waals surface area contributed by atoms with Crippen molar-refractivity contribution < 1.29 is 28.6 Å². The number of ether oxygens (including phenoxy) is 3. The van der Waals surface area contributed by atoms with Gasteiger partial charge in [-0.15, -0.1) is 0 Å². The highest BCUT2D eigenvalue weighted by atomic mass is 16.6. The van der Waals surface area contributed by atoms with Crippen LogP contribution in [0.25, 0.3) is 0 Å². The third-order valence-corrected chi connectivity index (χ3v) is 7.86. The summed E-state index contributed by atoms with van der Waals surface area (Å²) in [4.78, 5) is 37.0. The summed E-state index contributed by atoms with van der Waals surface area (Å²) in [5.74, 6) is -0.888. The fourth-order valence-corrected chi connectivity index (χ4v) is 5.09. The monoisotopic (exact) mass is 597 g/mol. The van der Waals surface area contributed by atoms with Gasteiger partial charge in [-0.2, -0.15) is 0 Å². The van der Waals surface area contributed by atoms with Crippen molar-refractivity contribution in [2.75, 3.05) is 13.2 Å². The van der Waals surface area contributed by atoms with E-state index in [2.05, 4.69) is 20.8 Å². The minimum Gasteiger partial charge on any atom is -0.462 e. The molecule has 248 valence electrons. The van der Waals surface area contributed by atoms with Crippen molar-refractivity contribution in [3.63, 3.8) is 0 Å². The van der Waals surface area contributed by atoms with E-state index in [9.17, 15) is 14.4 Å². The largest absolute Gasteiger partial charge is 0.462 e. The van der Waals surface area contributed by atoms with Crippen molar-refractivity contribution in [2.24, 2.45) is 0 Å². The molecule has 0 saturated heterocycles. The summed E-state index contributed by atoms with van der Waals surface area (Å²) in [6, 6.07) is 0. The van der Waals surface area contributed by atoms with Crippen LogP contribution in [0.4, 0.5) is 0 Å². The van der Waals surface area contributed by atoms with Crippen LogP contribution in [0.5, 0.6) is 0 Å². The molecule has 0 heterocycles. The Balaban J connectivity index is 4.24. The first-order valence-electron chi connectivity index (χ1n) is 18.0. The lowest BCUT2D eigenvalue weighted by molar-refractivity contribution is -0.167. The van der Waals surface area contributed by atoms with Crippen LogP contribution < -0.4 is 0 Å². The molecule has 0 unspecified atom stereocenters. The maximum absolute atomic E-state index is 12.4. The van der Waals surface area contributed by atoms with Crippen LogP contribution in [-0.2, 0) is 28.6 Å². The number of hydrogen-bond donors (Lipinski definition) is 0. The number of carbonyl (C=O) groups excluding carboxylic acids is 3. The lowest BCUT2D eigenvalue weighted by atomic mass is 10.0. The Morgan fingerprint density at radius 3 is 0.952 bits per heavy atom. The van der Waals surface area contributed by atoms with Gasteiger partial charge in [0, 0.05) is 19.3 Å². The van der Waals surface area contributed by atoms with Gasteiger partial charge >= 0.3 is 17.9 Å². The van der Waals surface area contributed by atoms with Gasteiger partial charge in [0.25, 0.3) is 0 Å². The van der Waals surface area contributed by atoms with Crippen LogP contribution in [0.1, 0.15) is 194 Å². The van der Waals surface area contributed by atoms with E-state index >= 15 is 0 Å². The summed E-state index contributed by atoms with van der Waals surface area (Å²) in [5.41, 5.74) is 0. The molecule has 6 heteroatoms. The number of hydrogen-bond acceptors (Lipinski definition) is 6. The third kappa shape index (κ3) is 29.9. The summed E-state index contributed by atoms with van der Waals surface area (Å²) >= 11 is 0. The highest BCUT2D eigenvalue weighted by molar-refractivity contribution is 5.71. The van der Waals surface area contributed by atoms with E-state index in [4.69, 9.17) is 14.2 Å². The van der Waals surface area contributed by atoms with E-state index < -0.39 is 6.10 Å². The molecule has 0 N–H and O–H groups in total. The smallest absolute Gasteiger partial charge is 0.306 e. The van der Waals surface area contributed by atoms with Gasteiger partial charge in [0.2, 0.25) is 0 Å². The molecule has 0 aromatic heterocycles. The molecule has 0 amide bonds. The summed E-state index contributed by atoms with van der Waals surface area (Å²) in [5, 5.41) is 0. The van der Waals surface area contributed by atoms with E-state index in [1.165, 1.54) is 89.9 Å². The molecule has 0 aliphatic heterocycles. The van der Waals surface area contributed by atoms with Gasteiger partial charge in [-0.25, -0.2) is 0 Å². The fourth-order valence-electron chi connectivity index (χ4n) is 5.09. The first-order valence-corrected chi connectivity index (χ1v) is 18.0. The van der Waals surface area contributed by atoms with Gasteiger partial charge in [0.1, 0.15) is 13.2 Å². The second-order valence-corrected chi connectivity index (χ2v) is 12.2. The van der Waals surface area contributed by atoms with Gasteiger partial charge in [0.15, 0.2) is 6.10 Å². The Hall–Kier alpha value is -1.59. The molecule has 0 fully saturated rings. The third-order valence-electron chi connectivity index (χ3n) is 7.86. The summed E-state index contributed by atoms with van der Waals surface area (Å²) in [6.45, 7) is 6.48. The zero-order valence-electron chi connectivity index (χ0n) is 28.0. The molecule has 0 spiro atoms. The zero-order chi connectivity index (χ0) is 30.9. The van der Waals surface area contributed by atoms with Gasteiger partial charge in [-0.1, -0.05) is 156 Å². The van der Waals surface area contributed by atoms with Crippen molar-refractivity contribution in [1.82, 2.24) is 0 Å². The number of esters is 3. The normalized spacial score (nSPS) is 11.8. The van der Waals surface area contributed by atoms with Gasteiger partial charge in [0.05, 0.1) is 0 Å². The minimum absolute atomic E-state index is 0.0658. The maximum Gasteiger partial charge on any atom is 0.306 e. The maximum atomic E-state index is 12.4.